The van der Waals surface area contributed by atoms with Gasteiger partial charge >= 0.3 is 0 Å². The van der Waals surface area contributed by atoms with Crippen LogP contribution in [0.5, 0.6) is 0 Å². The highest BCUT2D eigenvalue weighted by molar-refractivity contribution is 5.51. The van der Waals surface area contributed by atoms with E-state index in [1.807, 2.05) is 18.2 Å². The van der Waals surface area contributed by atoms with E-state index in [4.69, 9.17) is 5.26 Å². The van der Waals surface area contributed by atoms with Crippen LogP contribution in [-0.4, -0.2) is 6.41 Å². The normalized spacial score (nSPS) is 13.8. The highest BCUT2D eigenvalue weighted by Crippen LogP contribution is 2.18. The lowest BCUT2D eigenvalue weighted by molar-refractivity contribution is -0.110. The highest BCUT2D eigenvalue weighted by Gasteiger charge is 2.24. The number of hydrogen-bond acceptors (Lipinski definition) is 2. The quantitative estimate of drug-likeness (QED) is 0.699. The van der Waals surface area contributed by atoms with Crippen molar-refractivity contribution in [2.24, 2.45) is 0 Å². The predicted octanol–water partition coefficient (Wildman–Crippen LogP) is 1.17. The first-order valence-electron chi connectivity index (χ1n) is 3.91. The molecule has 0 aliphatic carbocycles. The molecule has 0 aromatic heterocycles. The Morgan fingerprint density at radius 3 is 2.54 bits per heavy atom. The second kappa shape index (κ2) is 3.72. The lowest BCUT2D eigenvalue weighted by Crippen LogP contribution is -2.36. The van der Waals surface area contributed by atoms with Crippen molar-refractivity contribution in [1.29, 1.82) is 5.26 Å². The molecule has 1 rings (SSSR count). The van der Waals surface area contributed by atoms with Gasteiger partial charge in [0.15, 0.2) is 0 Å². The van der Waals surface area contributed by atoms with Gasteiger partial charge in [-0.15, -0.1) is 0 Å². The number of rotatable bonds is 3. The maximum atomic E-state index is 10.3. The Labute approximate surface area is 77.0 Å². The molecule has 0 aliphatic rings. The van der Waals surface area contributed by atoms with Gasteiger partial charge in [0.1, 0.15) is 5.54 Å². The smallest absolute Gasteiger partial charge is 0.208 e. The van der Waals surface area contributed by atoms with Crippen LogP contribution in [0, 0.1) is 11.3 Å². The van der Waals surface area contributed by atoms with Crippen molar-refractivity contribution < 1.29 is 4.79 Å². The molecule has 66 valence electrons. The van der Waals surface area contributed by atoms with Crippen LogP contribution >= 0.6 is 0 Å². The first-order valence-corrected chi connectivity index (χ1v) is 3.91. The maximum Gasteiger partial charge on any atom is 0.208 e. The summed E-state index contributed by atoms with van der Waals surface area (Å²) in [5.74, 6) is 0. The number of nitrogens with zero attached hydrogens (tertiary/aromatic N) is 1. The molecule has 1 amide bonds. The summed E-state index contributed by atoms with van der Waals surface area (Å²) >= 11 is 0. The fourth-order valence-electron chi connectivity index (χ4n) is 1.07. The van der Waals surface area contributed by atoms with E-state index in [0.717, 1.165) is 5.56 Å². The van der Waals surface area contributed by atoms with Crippen LogP contribution in [0.25, 0.3) is 0 Å². The second-order valence-electron chi connectivity index (χ2n) is 2.87. The number of amides is 1. The molecule has 0 fully saturated rings. The molecule has 1 unspecified atom stereocenters. The molecule has 1 aromatic rings. The van der Waals surface area contributed by atoms with E-state index in [1.165, 1.54) is 0 Å². The third kappa shape index (κ3) is 1.85. The van der Waals surface area contributed by atoms with Gasteiger partial charge < -0.3 is 5.32 Å². The first kappa shape index (κ1) is 9.27. The first-order chi connectivity index (χ1) is 6.23. The van der Waals surface area contributed by atoms with Gasteiger partial charge in [-0.1, -0.05) is 30.3 Å². The lowest BCUT2D eigenvalue weighted by Gasteiger charge is -2.20. The van der Waals surface area contributed by atoms with Crippen LogP contribution in [-0.2, 0) is 10.3 Å². The molecule has 0 saturated carbocycles. The Morgan fingerprint density at radius 1 is 1.46 bits per heavy atom. The minimum absolute atomic E-state index is 0.538. The summed E-state index contributed by atoms with van der Waals surface area (Å²) in [5, 5.41) is 11.4. The van der Waals surface area contributed by atoms with Gasteiger partial charge in [0.05, 0.1) is 6.07 Å². The second-order valence-corrected chi connectivity index (χ2v) is 2.87. The summed E-state index contributed by atoms with van der Waals surface area (Å²) in [6.07, 6.45) is 0.538. The molecular weight excluding hydrogens is 164 g/mol. The fraction of sp³-hybridized carbons (Fsp3) is 0.200. The number of carbonyl (C=O) groups is 1. The average molecular weight is 174 g/mol. The average Bonchev–Trinajstić information content (AvgIpc) is 2.19. The number of benzene rings is 1. The Kier molecular flexibility index (Phi) is 2.65. The Hall–Kier alpha value is -1.82. The van der Waals surface area contributed by atoms with Gasteiger partial charge in [0, 0.05) is 0 Å². The summed E-state index contributed by atoms with van der Waals surface area (Å²) in [4.78, 5) is 10.3. The van der Waals surface area contributed by atoms with Crippen molar-refractivity contribution in [3.8, 4) is 6.07 Å². The maximum absolute atomic E-state index is 10.3. The zero-order valence-electron chi connectivity index (χ0n) is 7.32. The number of hydrogen-bond donors (Lipinski definition) is 1. The summed E-state index contributed by atoms with van der Waals surface area (Å²) in [7, 11) is 0. The van der Waals surface area contributed by atoms with Crippen LogP contribution in [0.3, 0.4) is 0 Å². The van der Waals surface area contributed by atoms with Crippen LogP contribution in [0.2, 0.25) is 0 Å². The monoisotopic (exact) mass is 174 g/mol. The van der Waals surface area contributed by atoms with Crippen molar-refractivity contribution in [2.45, 2.75) is 12.5 Å². The number of nitrogens with one attached hydrogen (secondary N) is 1. The van der Waals surface area contributed by atoms with Crippen molar-refractivity contribution >= 4 is 6.41 Å². The molecule has 3 nitrogen and oxygen atoms in total. The van der Waals surface area contributed by atoms with Crippen LogP contribution in [0.15, 0.2) is 30.3 Å². The molecule has 0 radical (unpaired) electrons. The third-order valence-corrected chi connectivity index (χ3v) is 1.92. The summed E-state index contributed by atoms with van der Waals surface area (Å²) in [6, 6.07) is 11.2. The number of carbonyl (C=O) groups excluding carboxylic acids is 1. The fourth-order valence-corrected chi connectivity index (χ4v) is 1.07. The molecule has 1 N–H and O–H groups in total. The van der Waals surface area contributed by atoms with E-state index in [2.05, 4.69) is 11.4 Å². The van der Waals surface area contributed by atoms with E-state index in [1.54, 1.807) is 19.1 Å². The molecule has 0 aliphatic heterocycles. The van der Waals surface area contributed by atoms with Gasteiger partial charge in [0.2, 0.25) is 6.41 Å². The predicted molar refractivity (Wildman–Crippen MR) is 48.6 cm³/mol. The Bertz CT molecular complexity index is 329. The van der Waals surface area contributed by atoms with Crippen LogP contribution in [0.1, 0.15) is 12.5 Å². The standard InChI is InChI=1S/C10H10N2O/c1-10(7-11,12-8-13)9-5-3-2-4-6-9/h2-6,8H,1H3,(H,12,13). The van der Waals surface area contributed by atoms with Crippen molar-refractivity contribution in [2.75, 3.05) is 0 Å². The Morgan fingerprint density at radius 2 is 2.08 bits per heavy atom. The third-order valence-electron chi connectivity index (χ3n) is 1.92. The van der Waals surface area contributed by atoms with Gasteiger partial charge in [-0.25, -0.2) is 0 Å². The highest BCUT2D eigenvalue weighted by atomic mass is 16.1. The van der Waals surface area contributed by atoms with E-state index < -0.39 is 5.54 Å². The lowest BCUT2D eigenvalue weighted by atomic mass is 9.94. The molecule has 1 atom stereocenters. The zero-order valence-corrected chi connectivity index (χ0v) is 7.32. The van der Waals surface area contributed by atoms with Crippen molar-refractivity contribution in [3.63, 3.8) is 0 Å². The van der Waals surface area contributed by atoms with Gasteiger partial charge in [-0.3, -0.25) is 4.79 Å². The van der Waals surface area contributed by atoms with E-state index in [0.29, 0.717) is 6.41 Å². The summed E-state index contributed by atoms with van der Waals surface area (Å²) in [5.41, 5.74) is -0.146. The number of nitriles is 1. The van der Waals surface area contributed by atoms with Crippen LogP contribution < -0.4 is 5.32 Å². The minimum Gasteiger partial charge on any atom is -0.337 e. The van der Waals surface area contributed by atoms with Gasteiger partial charge in [-0.05, 0) is 12.5 Å². The largest absolute Gasteiger partial charge is 0.337 e. The molecule has 0 saturated heterocycles. The molecule has 13 heavy (non-hydrogen) atoms. The Balaban J connectivity index is 3.04. The van der Waals surface area contributed by atoms with E-state index in [9.17, 15) is 4.79 Å². The van der Waals surface area contributed by atoms with E-state index in [-0.39, 0.29) is 0 Å². The summed E-state index contributed by atoms with van der Waals surface area (Å²) < 4.78 is 0. The molecule has 3 heteroatoms. The molecule has 1 aromatic carbocycles. The van der Waals surface area contributed by atoms with Gasteiger partial charge in [0.25, 0.3) is 0 Å². The SMILES string of the molecule is CC(C#N)(NC=O)c1ccccc1. The molecular formula is C10H10N2O. The zero-order chi connectivity index (χ0) is 9.73. The summed E-state index contributed by atoms with van der Waals surface area (Å²) in [6.45, 7) is 1.66. The van der Waals surface area contributed by atoms with Crippen LogP contribution in [0.4, 0.5) is 0 Å². The molecule has 0 spiro atoms. The van der Waals surface area contributed by atoms with Crippen molar-refractivity contribution in [3.05, 3.63) is 35.9 Å². The molecule has 0 heterocycles. The van der Waals surface area contributed by atoms with E-state index >= 15 is 0 Å². The van der Waals surface area contributed by atoms with Crippen molar-refractivity contribution in [1.82, 2.24) is 5.32 Å². The molecule has 0 bridgehead atoms. The van der Waals surface area contributed by atoms with Gasteiger partial charge in [-0.2, -0.15) is 5.26 Å². The topological polar surface area (TPSA) is 52.9 Å². The minimum atomic E-state index is -0.928.